The van der Waals surface area contributed by atoms with Crippen LogP contribution in [0, 0.1) is 0 Å². The van der Waals surface area contributed by atoms with E-state index >= 15 is 0 Å². The molecule has 0 radical (unpaired) electrons. The first kappa shape index (κ1) is 104. The van der Waals surface area contributed by atoms with Crippen molar-refractivity contribution in [3.8, 4) is 0 Å². The fourth-order valence-electron chi connectivity index (χ4n) is 15.5. The van der Waals surface area contributed by atoms with Gasteiger partial charge in [-0.1, -0.05) is 168 Å². The van der Waals surface area contributed by atoms with Crippen molar-refractivity contribution in [1.29, 1.82) is 0 Å². The third-order valence-electron chi connectivity index (χ3n) is 22.7. The Hall–Kier alpha value is -2.83. The lowest BCUT2D eigenvalue weighted by Gasteiger charge is -2.51. The van der Waals surface area contributed by atoms with E-state index in [0.717, 1.165) is 32.6 Å². The van der Waals surface area contributed by atoms with Crippen molar-refractivity contribution in [3.05, 3.63) is 0 Å². The molecule has 37 heteroatoms. The van der Waals surface area contributed by atoms with E-state index in [1.807, 2.05) is 0 Å². The minimum Gasteiger partial charge on any atom is -0.463 e. The summed E-state index contributed by atoms with van der Waals surface area (Å²) in [6, 6.07) is -1.81. The smallest absolute Gasteiger partial charge is 0.305 e. The number of ether oxygens (including phenoxy) is 15. The normalized spacial score (nSPS) is 35.6. The Morgan fingerprint density at radius 2 is 0.746 bits per heavy atom. The van der Waals surface area contributed by atoms with E-state index in [0.29, 0.717) is 45.6 Å². The summed E-state index contributed by atoms with van der Waals surface area (Å²) in [4.78, 5) is 38.6. The molecule has 0 bridgehead atoms. The van der Waals surface area contributed by atoms with E-state index in [1.54, 1.807) is 0 Å². The zero-order valence-corrected chi connectivity index (χ0v) is 69.8. The van der Waals surface area contributed by atoms with Gasteiger partial charge < -0.3 is 168 Å². The maximum absolute atomic E-state index is 13.0. The number of nitrogens with one attached hydrogen (secondary N) is 2. The molecule has 0 aromatic heterocycles. The van der Waals surface area contributed by atoms with Gasteiger partial charge in [0.05, 0.1) is 45.7 Å². The van der Waals surface area contributed by atoms with Crippen LogP contribution in [0.2, 0.25) is 0 Å². The Balaban J connectivity index is 0.922. The number of hydrogen-bond donors (Lipinski definition) is 19. The molecule has 0 saturated carbocycles. The molecule has 31 atom stereocenters. The summed E-state index contributed by atoms with van der Waals surface area (Å²) in [5.74, 6) is -1.53. The van der Waals surface area contributed by atoms with Crippen molar-refractivity contribution < 1.29 is 172 Å². The van der Waals surface area contributed by atoms with E-state index < -0.39 is 229 Å². The second-order valence-corrected chi connectivity index (χ2v) is 32.3. The number of hydrogen-bond acceptors (Lipinski definition) is 35. The molecule has 0 aromatic carbocycles. The summed E-state index contributed by atoms with van der Waals surface area (Å²) in [5, 5.41) is 192. The molecule has 37 nitrogen and oxygen atoms in total. The predicted octanol–water partition coefficient (Wildman–Crippen LogP) is -0.321. The molecule has 19 N–H and O–H groups in total. The number of unbranched alkanes of at least 4 members (excludes halogenated alkanes) is 26. The lowest BCUT2D eigenvalue weighted by atomic mass is 9.94. The molecule has 12 unspecified atom stereocenters. The number of rotatable bonds is 60. The van der Waals surface area contributed by atoms with Crippen LogP contribution in [0.15, 0.2) is 0 Å². The first-order chi connectivity index (χ1) is 56.9. The van der Waals surface area contributed by atoms with Crippen LogP contribution in [0.3, 0.4) is 0 Å². The fraction of sp³-hybridized carbons (Fsp3) is 0.963. The third kappa shape index (κ3) is 33.8. The highest BCUT2D eigenvalue weighted by atomic mass is 16.8. The lowest BCUT2D eigenvalue weighted by molar-refractivity contribution is -0.393. The maximum atomic E-state index is 13.0. The number of aliphatic hydroxyl groups excluding tert-OH is 17. The average Bonchev–Trinajstić information content (AvgIpc) is 0.766. The van der Waals surface area contributed by atoms with Crippen molar-refractivity contribution in [3.63, 3.8) is 0 Å². The third-order valence-corrected chi connectivity index (χ3v) is 22.7. The quantitative estimate of drug-likeness (QED) is 0.0274. The van der Waals surface area contributed by atoms with Crippen LogP contribution in [0.1, 0.15) is 233 Å². The van der Waals surface area contributed by atoms with Gasteiger partial charge >= 0.3 is 5.97 Å². The summed E-state index contributed by atoms with van der Waals surface area (Å²) in [6.45, 7) is 3.81. The molecule has 0 aliphatic carbocycles. The molecule has 0 aromatic rings. The molecule has 0 spiro atoms. The Morgan fingerprint density at radius 1 is 0.347 bits per heavy atom. The molecule has 692 valence electrons. The second-order valence-electron chi connectivity index (χ2n) is 32.3. The van der Waals surface area contributed by atoms with Gasteiger partial charge in [0.25, 0.3) is 0 Å². The summed E-state index contributed by atoms with van der Waals surface area (Å²) < 4.78 is 88.0. The standard InChI is InChI=1S/C81H148N2O35/c1-5-7-9-11-13-15-17-19-20-21-23-25-27-31-38-104-46-50(105-39-32-28-26-24-22-18-16-14-12-10-8-6-2)47-107-57(91)36-34-35-56(90)82-37-30-29-33-40-106-77-68(101)65(98)71(54(44-87)112-77)114-79-69(102)66(99)72(55(45-88)113-79)115-80-70(103)74(62(95)53(43-86)110-80)117-76-58(83-49(4)89)73(61(94)52(42-85)109-76)116-81-75(64(97)60(93)51(41-84)111-81)118-78-67(100)63(96)59(92)48(3)108-78/h48,50-55,58-81,84-88,92-103H,5-47H2,1-4H3,(H,82,90)(H,83,89)/t48?,50-,51?,52?,53?,54?,55?,58?,59+,60-,61-,62-,63-,64-,65+,66+,67?,68?,69?,70?,71+,72-,73+,74-,75?,76-,77-,78-,79-,80+,81-/m0/s1. The van der Waals surface area contributed by atoms with Crippen molar-refractivity contribution in [2.75, 3.05) is 72.6 Å². The van der Waals surface area contributed by atoms with E-state index in [2.05, 4.69) is 24.5 Å². The largest absolute Gasteiger partial charge is 0.463 e. The van der Waals surface area contributed by atoms with Gasteiger partial charge in [0.1, 0.15) is 153 Å². The maximum Gasteiger partial charge on any atom is 0.305 e. The van der Waals surface area contributed by atoms with Gasteiger partial charge in [-0.2, -0.15) is 0 Å². The van der Waals surface area contributed by atoms with Gasteiger partial charge in [0, 0.05) is 46.1 Å². The number of esters is 1. The monoisotopic (exact) mass is 1710 g/mol. The molecule has 6 aliphatic rings. The molecule has 6 rings (SSSR count). The first-order valence-electron chi connectivity index (χ1n) is 43.8. The molecule has 6 heterocycles. The van der Waals surface area contributed by atoms with Gasteiger partial charge in [0.15, 0.2) is 37.7 Å². The highest BCUT2D eigenvalue weighted by Gasteiger charge is 2.58. The van der Waals surface area contributed by atoms with Gasteiger partial charge in [-0.3, -0.25) is 14.4 Å². The zero-order chi connectivity index (χ0) is 86.1. The van der Waals surface area contributed by atoms with E-state index in [1.165, 1.54) is 148 Å². The van der Waals surface area contributed by atoms with Crippen molar-refractivity contribution in [2.24, 2.45) is 0 Å². The van der Waals surface area contributed by atoms with Crippen molar-refractivity contribution >= 4 is 17.8 Å². The van der Waals surface area contributed by atoms with Crippen LogP contribution in [0.25, 0.3) is 0 Å². The predicted molar refractivity (Wildman–Crippen MR) is 417 cm³/mol. The Labute approximate surface area is 694 Å². The van der Waals surface area contributed by atoms with Gasteiger partial charge in [-0.05, 0) is 45.4 Å². The molecule has 118 heavy (non-hydrogen) atoms. The van der Waals surface area contributed by atoms with Crippen molar-refractivity contribution in [1.82, 2.24) is 10.6 Å². The lowest BCUT2D eigenvalue weighted by Crippen LogP contribution is -2.70. The highest BCUT2D eigenvalue weighted by Crippen LogP contribution is 2.38. The van der Waals surface area contributed by atoms with Crippen LogP contribution in [-0.2, 0) is 85.4 Å². The summed E-state index contributed by atoms with van der Waals surface area (Å²) in [5.41, 5.74) is 0. The van der Waals surface area contributed by atoms with Crippen LogP contribution in [-0.4, -0.2) is 367 Å². The van der Waals surface area contributed by atoms with Gasteiger partial charge in [0.2, 0.25) is 11.8 Å². The number of amides is 2. The number of carbonyl (C=O) groups is 3. The fourth-order valence-corrected chi connectivity index (χ4v) is 15.5. The number of carbonyl (C=O) groups excluding carboxylic acids is 3. The van der Waals surface area contributed by atoms with Crippen LogP contribution in [0.5, 0.6) is 0 Å². The number of aliphatic hydroxyl groups is 17. The molecular formula is C81H148N2O35. The van der Waals surface area contributed by atoms with E-state index in [-0.39, 0.29) is 44.5 Å². The van der Waals surface area contributed by atoms with Crippen molar-refractivity contribution in [2.45, 2.75) is 423 Å². The zero-order valence-electron chi connectivity index (χ0n) is 69.8. The Morgan fingerprint density at radius 3 is 1.28 bits per heavy atom. The second kappa shape index (κ2) is 57.7. The van der Waals surface area contributed by atoms with Crippen LogP contribution >= 0.6 is 0 Å². The molecule has 6 aliphatic heterocycles. The summed E-state index contributed by atoms with van der Waals surface area (Å²) in [7, 11) is 0. The molecule has 6 saturated heterocycles. The van der Waals surface area contributed by atoms with E-state index in [9.17, 15) is 101 Å². The minimum atomic E-state index is -2.24. The van der Waals surface area contributed by atoms with E-state index in [4.69, 9.17) is 71.1 Å². The molecule has 2 amide bonds. The summed E-state index contributed by atoms with van der Waals surface area (Å²) in [6.07, 6.45) is -20.1. The first-order valence-corrected chi connectivity index (χ1v) is 43.8. The average molecular weight is 1710 g/mol. The van der Waals surface area contributed by atoms with Crippen LogP contribution < -0.4 is 10.6 Å². The highest BCUT2D eigenvalue weighted by molar-refractivity contribution is 5.77. The minimum absolute atomic E-state index is 0.00671. The topological polar surface area (TPSA) is 558 Å². The van der Waals surface area contributed by atoms with Crippen LogP contribution in [0.4, 0.5) is 0 Å². The Bertz CT molecular complexity index is 2640. The molecule has 6 fully saturated rings. The van der Waals surface area contributed by atoms with Gasteiger partial charge in [-0.25, -0.2) is 0 Å². The van der Waals surface area contributed by atoms with Gasteiger partial charge in [-0.15, -0.1) is 0 Å². The summed E-state index contributed by atoms with van der Waals surface area (Å²) >= 11 is 0. The Kier molecular flexibility index (Phi) is 50.8. The molecular weight excluding hydrogens is 1560 g/mol. The SMILES string of the molecule is CCCCCCCCCCCCCCCCOC[C@@H](COC(=O)CCCC(=O)NCCCCCO[C@H]1OC(CO)[C@@H](O[C@@H]2OC(CO)[C@H](O[C@H]3OC(CO)[C@H](O)[C@H](O[C@@H]4OC(CO)[C@H](O)[C@H](O[C@@H]5OC(CO)[C@H](O)[C@H](O)C5O[C@@H]5OC(C)[C@@H](O)[C@H](O)C5O)C4NC(C)=O)C3O)[C@H](O)C2O)[C@H](O)C1O)OCCCCCCCCCCCCCC.